The summed E-state index contributed by atoms with van der Waals surface area (Å²) in [6, 6.07) is 0. The molecule has 4 heteroatoms. The number of allylic oxidation sites excluding steroid dienone is 2. The molecule has 0 aromatic heterocycles. The molecule has 0 rings (SSSR count). The third kappa shape index (κ3) is 5.82. The lowest BCUT2D eigenvalue weighted by Crippen LogP contribution is -2.03. The minimum Gasteiger partial charge on any atom is -0.298 e. The first-order valence-corrected chi connectivity index (χ1v) is 6.55. The molecular formula is C9H14O2S2. The zero-order chi connectivity index (χ0) is 10.3. The standard InChI is InChI=1S/C9H14O2S2/c1-4-5-12-13(11)9(3)6-8(2)7-10/h4-7,9H,1-3H3/b5-4+,8-6+. The van der Waals surface area contributed by atoms with E-state index in [0.29, 0.717) is 5.57 Å². The molecule has 0 aromatic carbocycles. The topological polar surface area (TPSA) is 34.1 Å². The van der Waals surface area contributed by atoms with E-state index in [0.717, 1.165) is 6.29 Å². The van der Waals surface area contributed by atoms with Crippen LogP contribution in [0.3, 0.4) is 0 Å². The zero-order valence-electron chi connectivity index (χ0n) is 8.02. The van der Waals surface area contributed by atoms with E-state index in [1.54, 1.807) is 18.4 Å². The van der Waals surface area contributed by atoms with E-state index >= 15 is 0 Å². The van der Waals surface area contributed by atoms with Crippen LogP contribution in [0.2, 0.25) is 0 Å². The van der Waals surface area contributed by atoms with Gasteiger partial charge in [0, 0.05) is 0 Å². The van der Waals surface area contributed by atoms with Crippen LogP contribution in [0.5, 0.6) is 0 Å². The van der Waals surface area contributed by atoms with Gasteiger partial charge in [0.25, 0.3) is 0 Å². The Bertz CT molecular complexity index is 244. The van der Waals surface area contributed by atoms with Crippen LogP contribution in [0.25, 0.3) is 0 Å². The van der Waals surface area contributed by atoms with Crippen molar-refractivity contribution in [1.82, 2.24) is 0 Å². The van der Waals surface area contributed by atoms with Gasteiger partial charge in [0.15, 0.2) is 0 Å². The maximum atomic E-state index is 11.4. The van der Waals surface area contributed by atoms with Gasteiger partial charge in [0.05, 0.1) is 15.1 Å². The van der Waals surface area contributed by atoms with E-state index in [1.165, 1.54) is 10.8 Å². The molecule has 0 aliphatic carbocycles. The molecule has 2 atom stereocenters. The number of carbonyl (C=O) groups is 1. The fraction of sp³-hybridized carbons (Fsp3) is 0.444. The monoisotopic (exact) mass is 218 g/mol. The quantitative estimate of drug-likeness (QED) is 0.404. The fourth-order valence-corrected chi connectivity index (χ4v) is 2.74. The van der Waals surface area contributed by atoms with E-state index in [4.69, 9.17) is 0 Å². The first kappa shape index (κ1) is 12.7. The second-order valence-corrected chi connectivity index (χ2v) is 5.85. The first-order valence-electron chi connectivity index (χ1n) is 3.94. The predicted octanol–water partition coefficient (Wildman–Crippen LogP) is 2.45. The molecule has 0 fully saturated rings. The van der Waals surface area contributed by atoms with E-state index in [1.807, 2.05) is 19.9 Å². The molecule has 0 radical (unpaired) electrons. The summed E-state index contributed by atoms with van der Waals surface area (Å²) in [5.41, 5.74) is 0.627. The number of aldehydes is 1. The van der Waals surface area contributed by atoms with Gasteiger partial charge in [-0.15, -0.1) is 0 Å². The summed E-state index contributed by atoms with van der Waals surface area (Å²) in [5, 5.41) is 1.70. The summed E-state index contributed by atoms with van der Waals surface area (Å²) >= 11 is 0. The van der Waals surface area contributed by atoms with Gasteiger partial charge in [-0.05, 0) is 42.5 Å². The molecule has 0 aliphatic rings. The molecule has 0 saturated heterocycles. The fourth-order valence-electron chi connectivity index (χ4n) is 0.663. The van der Waals surface area contributed by atoms with Gasteiger partial charge in [-0.1, -0.05) is 12.2 Å². The van der Waals surface area contributed by atoms with Gasteiger partial charge in [-0.3, -0.25) is 4.79 Å². The molecular weight excluding hydrogens is 204 g/mol. The minimum absolute atomic E-state index is 0.0913. The van der Waals surface area contributed by atoms with Crippen molar-refractivity contribution in [3.63, 3.8) is 0 Å². The number of hydrogen-bond donors (Lipinski definition) is 0. The highest BCUT2D eigenvalue weighted by Gasteiger charge is 2.07. The minimum atomic E-state index is -0.992. The molecule has 2 unspecified atom stereocenters. The Labute approximate surface area is 85.3 Å². The van der Waals surface area contributed by atoms with Crippen LogP contribution in [0.15, 0.2) is 23.1 Å². The Hall–Kier alpha value is -0.350. The molecule has 2 nitrogen and oxygen atoms in total. The van der Waals surface area contributed by atoms with E-state index in [2.05, 4.69) is 0 Å². The first-order chi connectivity index (χ1) is 6.11. The summed E-state index contributed by atoms with van der Waals surface area (Å²) in [6.07, 6.45) is 4.33. The van der Waals surface area contributed by atoms with Crippen molar-refractivity contribution in [2.45, 2.75) is 26.0 Å². The van der Waals surface area contributed by atoms with Crippen molar-refractivity contribution >= 4 is 26.9 Å². The molecule has 13 heavy (non-hydrogen) atoms. The number of rotatable bonds is 5. The summed E-state index contributed by atoms with van der Waals surface area (Å²) in [5.74, 6) is 0. The molecule has 0 aliphatic heterocycles. The van der Waals surface area contributed by atoms with Crippen LogP contribution >= 0.6 is 10.8 Å². The van der Waals surface area contributed by atoms with Crippen LogP contribution < -0.4 is 0 Å². The Morgan fingerprint density at radius 2 is 2.15 bits per heavy atom. The average molecular weight is 218 g/mol. The second kappa shape index (κ2) is 7.09. The lowest BCUT2D eigenvalue weighted by atomic mass is 10.3. The molecule has 0 aromatic rings. The van der Waals surface area contributed by atoms with Crippen molar-refractivity contribution in [3.05, 3.63) is 23.1 Å². The molecule has 0 N–H and O–H groups in total. The Kier molecular flexibility index (Phi) is 6.90. The summed E-state index contributed by atoms with van der Waals surface area (Å²) in [7, 11) is 0.276. The van der Waals surface area contributed by atoms with Crippen LogP contribution in [-0.4, -0.2) is 15.7 Å². The molecule has 0 saturated carbocycles. The normalized spacial score (nSPS) is 17.3. The molecule has 0 amide bonds. The third-order valence-electron chi connectivity index (χ3n) is 1.27. The lowest BCUT2D eigenvalue weighted by molar-refractivity contribution is -0.104. The lowest BCUT2D eigenvalue weighted by Gasteiger charge is -2.03. The van der Waals surface area contributed by atoms with Gasteiger partial charge >= 0.3 is 0 Å². The Morgan fingerprint density at radius 3 is 2.62 bits per heavy atom. The summed E-state index contributed by atoms with van der Waals surface area (Å²) in [4.78, 5) is 10.3. The Morgan fingerprint density at radius 1 is 1.54 bits per heavy atom. The van der Waals surface area contributed by atoms with Gasteiger partial charge < -0.3 is 0 Å². The molecule has 0 heterocycles. The van der Waals surface area contributed by atoms with Crippen molar-refractivity contribution < 1.29 is 9.00 Å². The van der Waals surface area contributed by atoms with Crippen molar-refractivity contribution in [2.24, 2.45) is 0 Å². The maximum absolute atomic E-state index is 11.4. The summed E-state index contributed by atoms with van der Waals surface area (Å²) < 4.78 is 11.4. The molecule has 74 valence electrons. The zero-order valence-corrected chi connectivity index (χ0v) is 9.65. The van der Waals surface area contributed by atoms with Crippen molar-refractivity contribution in [2.75, 3.05) is 0 Å². The second-order valence-electron chi connectivity index (χ2n) is 2.56. The highest BCUT2D eigenvalue weighted by Crippen LogP contribution is 2.15. The highest BCUT2D eigenvalue weighted by atomic mass is 33.1. The van der Waals surface area contributed by atoms with Crippen LogP contribution in [0.4, 0.5) is 0 Å². The van der Waals surface area contributed by atoms with Crippen molar-refractivity contribution in [3.8, 4) is 0 Å². The summed E-state index contributed by atoms with van der Waals surface area (Å²) in [6.45, 7) is 5.42. The van der Waals surface area contributed by atoms with Gasteiger partial charge in [0.2, 0.25) is 0 Å². The largest absolute Gasteiger partial charge is 0.298 e. The maximum Gasteiger partial charge on any atom is 0.145 e. The van der Waals surface area contributed by atoms with E-state index in [9.17, 15) is 9.00 Å². The van der Waals surface area contributed by atoms with Crippen LogP contribution in [0.1, 0.15) is 20.8 Å². The average Bonchev–Trinajstić information content (AvgIpc) is 2.13. The van der Waals surface area contributed by atoms with Crippen LogP contribution in [0, 0.1) is 0 Å². The third-order valence-corrected chi connectivity index (χ3v) is 4.40. The number of carbonyl (C=O) groups excluding carboxylic acids is 1. The molecule has 0 spiro atoms. The predicted molar refractivity (Wildman–Crippen MR) is 59.8 cm³/mol. The van der Waals surface area contributed by atoms with Gasteiger partial charge in [0.1, 0.15) is 6.29 Å². The van der Waals surface area contributed by atoms with E-state index < -0.39 is 9.83 Å². The van der Waals surface area contributed by atoms with Gasteiger partial charge in [-0.2, -0.15) is 0 Å². The van der Waals surface area contributed by atoms with E-state index in [-0.39, 0.29) is 5.25 Å². The Balaban J connectivity index is 4.18. The van der Waals surface area contributed by atoms with Gasteiger partial charge in [-0.25, -0.2) is 4.21 Å². The SMILES string of the molecule is C/C=C/SS(=O)C(C)/C=C(\C)C=O. The highest BCUT2D eigenvalue weighted by molar-refractivity contribution is 8.70. The van der Waals surface area contributed by atoms with Crippen LogP contribution in [-0.2, 0) is 14.6 Å². The number of hydrogen-bond acceptors (Lipinski definition) is 3. The van der Waals surface area contributed by atoms with Crippen molar-refractivity contribution in [1.29, 1.82) is 0 Å². The smallest absolute Gasteiger partial charge is 0.145 e. The molecule has 0 bridgehead atoms.